The van der Waals surface area contributed by atoms with E-state index in [1.165, 1.54) is 0 Å². The van der Waals surface area contributed by atoms with E-state index in [4.69, 9.17) is 0 Å². The van der Waals surface area contributed by atoms with Crippen molar-refractivity contribution in [2.75, 3.05) is 11.9 Å². The summed E-state index contributed by atoms with van der Waals surface area (Å²) in [5.41, 5.74) is 2.16. The van der Waals surface area contributed by atoms with Gasteiger partial charge in [0, 0.05) is 28.3 Å². The number of fused-ring (bicyclic) bond motifs is 1. The van der Waals surface area contributed by atoms with Crippen LogP contribution >= 0.6 is 15.9 Å². The Balaban J connectivity index is 2.62. The van der Waals surface area contributed by atoms with Gasteiger partial charge in [0.05, 0.1) is 5.52 Å². The van der Waals surface area contributed by atoms with Gasteiger partial charge >= 0.3 is 0 Å². The first-order valence-electron chi connectivity index (χ1n) is 4.59. The molecule has 2 rings (SSSR count). The SMILES string of the molecule is CCNc1ccnc2cc(Br)ccc12. The molecule has 0 aliphatic heterocycles. The summed E-state index contributed by atoms with van der Waals surface area (Å²) in [4.78, 5) is 4.31. The maximum atomic E-state index is 4.31. The molecule has 1 aromatic carbocycles. The number of aromatic nitrogens is 1. The zero-order chi connectivity index (χ0) is 9.97. The van der Waals surface area contributed by atoms with Gasteiger partial charge in [-0.25, -0.2) is 0 Å². The van der Waals surface area contributed by atoms with Crippen molar-refractivity contribution in [3.63, 3.8) is 0 Å². The topological polar surface area (TPSA) is 24.9 Å². The van der Waals surface area contributed by atoms with Crippen molar-refractivity contribution in [3.8, 4) is 0 Å². The van der Waals surface area contributed by atoms with Gasteiger partial charge in [-0.3, -0.25) is 4.98 Å². The molecule has 0 aliphatic carbocycles. The summed E-state index contributed by atoms with van der Waals surface area (Å²) in [6, 6.07) is 8.13. The first-order chi connectivity index (χ1) is 6.81. The minimum atomic E-state index is 0.926. The highest BCUT2D eigenvalue weighted by atomic mass is 79.9. The third-order valence-electron chi connectivity index (χ3n) is 2.07. The number of halogens is 1. The normalized spacial score (nSPS) is 10.4. The van der Waals surface area contributed by atoms with Gasteiger partial charge in [0.2, 0.25) is 0 Å². The molecule has 3 heteroatoms. The number of benzene rings is 1. The highest BCUT2D eigenvalue weighted by Gasteiger charge is 2.00. The first-order valence-corrected chi connectivity index (χ1v) is 5.38. The van der Waals surface area contributed by atoms with Gasteiger partial charge in [-0.05, 0) is 31.2 Å². The largest absolute Gasteiger partial charge is 0.385 e. The number of pyridine rings is 1. The van der Waals surface area contributed by atoms with Gasteiger partial charge in [-0.2, -0.15) is 0 Å². The summed E-state index contributed by atoms with van der Waals surface area (Å²) in [6.45, 7) is 3.01. The van der Waals surface area contributed by atoms with Gasteiger partial charge in [0.15, 0.2) is 0 Å². The van der Waals surface area contributed by atoms with Crippen LogP contribution in [0, 0.1) is 0 Å². The molecule has 0 spiro atoms. The van der Waals surface area contributed by atoms with E-state index < -0.39 is 0 Å². The Bertz CT molecular complexity index is 454. The van der Waals surface area contributed by atoms with E-state index in [1.807, 2.05) is 24.4 Å². The average molecular weight is 251 g/mol. The Hall–Kier alpha value is -1.09. The Morgan fingerprint density at radius 3 is 3.00 bits per heavy atom. The molecule has 0 bridgehead atoms. The second-order valence-corrected chi connectivity index (χ2v) is 3.97. The van der Waals surface area contributed by atoms with Crippen molar-refractivity contribution >= 4 is 32.5 Å². The highest BCUT2D eigenvalue weighted by Crippen LogP contribution is 2.24. The number of hydrogen-bond donors (Lipinski definition) is 1. The Labute approximate surface area is 91.5 Å². The van der Waals surface area contributed by atoms with Crippen LogP contribution in [0.25, 0.3) is 10.9 Å². The van der Waals surface area contributed by atoms with Crippen LogP contribution in [0.15, 0.2) is 34.9 Å². The van der Waals surface area contributed by atoms with Crippen LogP contribution in [0.1, 0.15) is 6.92 Å². The molecule has 1 heterocycles. The van der Waals surface area contributed by atoms with E-state index >= 15 is 0 Å². The minimum absolute atomic E-state index is 0.926. The molecule has 0 radical (unpaired) electrons. The summed E-state index contributed by atoms with van der Waals surface area (Å²) >= 11 is 3.44. The fourth-order valence-corrected chi connectivity index (χ4v) is 1.81. The molecule has 0 saturated heterocycles. The lowest BCUT2D eigenvalue weighted by molar-refractivity contribution is 1.21. The highest BCUT2D eigenvalue weighted by molar-refractivity contribution is 9.10. The molecule has 2 aromatic rings. The van der Waals surface area contributed by atoms with Crippen LogP contribution < -0.4 is 5.32 Å². The second-order valence-electron chi connectivity index (χ2n) is 3.05. The van der Waals surface area contributed by atoms with E-state index in [-0.39, 0.29) is 0 Å². The summed E-state index contributed by atoms with van der Waals surface area (Å²) < 4.78 is 1.06. The Kier molecular flexibility index (Phi) is 2.68. The van der Waals surface area contributed by atoms with Crippen LogP contribution in [0.3, 0.4) is 0 Å². The lowest BCUT2D eigenvalue weighted by Crippen LogP contribution is -1.97. The maximum Gasteiger partial charge on any atom is 0.0733 e. The third kappa shape index (κ3) is 1.73. The molecule has 1 aromatic heterocycles. The van der Waals surface area contributed by atoms with Crippen LogP contribution in [-0.2, 0) is 0 Å². The number of anilines is 1. The molecule has 0 unspecified atom stereocenters. The standard InChI is InChI=1S/C11H11BrN2/c1-2-13-10-5-6-14-11-7-8(12)3-4-9(10)11/h3-7H,2H2,1H3,(H,13,14). The van der Waals surface area contributed by atoms with Crippen molar-refractivity contribution in [1.29, 1.82) is 0 Å². The van der Waals surface area contributed by atoms with E-state index in [0.29, 0.717) is 0 Å². The molecular weight excluding hydrogens is 240 g/mol. The Morgan fingerprint density at radius 1 is 1.36 bits per heavy atom. The van der Waals surface area contributed by atoms with Crippen molar-refractivity contribution in [2.24, 2.45) is 0 Å². The molecule has 0 fully saturated rings. The van der Waals surface area contributed by atoms with E-state index in [1.54, 1.807) is 0 Å². The van der Waals surface area contributed by atoms with E-state index in [0.717, 1.165) is 27.6 Å². The molecule has 2 nitrogen and oxygen atoms in total. The third-order valence-corrected chi connectivity index (χ3v) is 2.57. The fraction of sp³-hybridized carbons (Fsp3) is 0.182. The molecule has 14 heavy (non-hydrogen) atoms. The van der Waals surface area contributed by atoms with Crippen molar-refractivity contribution < 1.29 is 0 Å². The maximum absolute atomic E-state index is 4.31. The van der Waals surface area contributed by atoms with Crippen LogP contribution in [0.4, 0.5) is 5.69 Å². The summed E-state index contributed by atoms with van der Waals surface area (Å²) in [7, 11) is 0. The number of nitrogens with zero attached hydrogens (tertiary/aromatic N) is 1. The predicted molar refractivity (Wildman–Crippen MR) is 63.6 cm³/mol. The van der Waals surface area contributed by atoms with Crippen LogP contribution in [0.5, 0.6) is 0 Å². The molecule has 0 amide bonds. The van der Waals surface area contributed by atoms with Gasteiger partial charge < -0.3 is 5.32 Å². The molecule has 0 saturated carbocycles. The van der Waals surface area contributed by atoms with Gasteiger partial charge in [-0.1, -0.05) is 15.9 Å². The summed E-state index contributed by atoms with van der Waals surface area (Å²) in [5.74, 6) is 0. The quantitative estimate of drug-likeness (QED) is 0.884. The molecule has 72 valence electrons. The smallest absolute Gasteiger partial charge is 0.0733 e. The van der Waals surface area contributed by atoms with Gasteiger partial charge in [0.1, 0.15) is 0 Å². The molecule has 0 atom stereocenters. The van der Waals surface area contributed by atoms with E-state index in [9.17, 15) is 0 Å². The minimum Gasteiger partial charge on any atom is -0.385 e. The first kappa shape index (κ1) is 9.46. The van der Waals surface area contributed by atoms with Crippen molar-refractivity contribution in [3.05, 3.63) is 34.9 Å². The lowest BCUT2D eigenvalue weighted by atomic mass is 10.2. The molecule has 0 aliphatic rings. The second kappa shape index (κ2) is 3.96. The lowest BCUT2D eigenvalue weighted by Gasteiger charge is -2.06. The molecule has 1 N–H and O–H groups in total. The molecular formula is C11H11BrN2. The van der Waals surface area contributed by atoms with Crippen LogP contribution in [-0.4, -0.2) is 11.5 Å². The fourth-order valence-electron chi connectivity index (χ4n) is 1.47. The number of hydrogen-bond acceptors (Lipinski definition) is 2. The number of nitrogens with one attached hydrogen (secondary N) is 1. The van der Waals surface area contributed by atoms with Crippen molar-refractivity contribution in [1.82, 2.24) is 4.98 Å². The van der Waals surface area contributed by atoms with Gasteiger partial charge in [0.25, 0.3) is 0 Å². The predicted octanol–water partition coefficient (Wildman–Crippen LogP) is 3.43. The zero-order valence-corrected chi connectivity index (χ0v) is 9.51. The Morgan fingerprint density at radius 2 is 2.21 bits per heavy atom. The average Bonchev–Trinajstić information content (AvgIpc) is 2.18. The zero-order valence-electron chi connectivity index (χ0n) is 7.92. The van der Waals surface area contributed by atoms with E-state index in [2.05, 4.69) is 39.2 Å². The van der Waals surface area contributed by atoms with Crippen LogP contribution in [0.2, 0.25) is 0 Å². The van der Waals surface area contributed by atoms with Gasteiger partial charge in [-0.15, -0.1) is 0 Å². The van der Waals surface area contributed by atoms with Crippen molar-refractivity contribution in [2.45, 2.75) is 6.92 Å². The monoisotopic (exact) mass is 250 g/mol. The number of rotatable bonds is 2. The summed E-state index contributed by atoms with van der Waals surface area (Å²) in [5, 5.41) is 4.48. The summed E-state index contributed by atoms with van der Waals surface area (Å²) in [6.07, 6.45) is 1.83.